The van der Waals surface area contributed by atoms with Crippen LogP contribution in [0.1, 0.15) is 58.5 Å². The Hall–Kier alpha value is -3.48. The van der Waals surface area contributed by atoms with Gasteiger partial charge in [0.25, 0.3) is 11.8 Å². The number of ether oxygens (including phenoxy) is 1. The van der Waals surface area contributed by atoms with Crippen LogP contribution < -0.4 is 10.6 Å². The summed E-state index contributed by atoms with van der Waals surface area (Å²) in [5, 5.41) is 5.40. The third-order valence-electron chi connectivity index (χ3n) is 4.73. The first-order valence-corrected chi connectivity index (χ1v) is 10.6. The van der Waals surface area contributed by atoms with Gasteiger partial charge in [0.2, 0.25) is 0 Å². The SMILES string of the molecule is Cc1ccc(C)c(C(=O)CCC(=O)OCC(=O)Nc2ccccc2C(=O)NCC(C)C)c1. The van der Waals surface area contributed by atoms with Crippen LogP contribution in [0.3, 0.4) is 0 Å². The molecule has 2 N–H and O–H groups in total. The number of benzene rings is 2. The van der Waals surface area contributed by atoms with Crippen LogP contribution >= 0.6 is 0 Å². The van der Waals surface area contributed by atoms with Gasteiger partial charge < -0.3 is 15.4 Å². The van der Waals surface area contributed by atoms with Crippen LogP contribution in [0.4, 0.5) is 5.69 Å². The van der Waals surface area contributed by atoms with Crippen molar-refractivity contribution < 1.29 is 23.9 Å². The van der Waals surface area contributed by atoms with Gasteiger partial charge in [-0.3, -0.25) is 19.2 Å². The Balaban J connectivity index is 1.84. The number of carbonyl (C=O) groups excluding carboxylic acids is 4. The van der Waals surface area contributed by atoms with Gasteiger partial charge in [-0.25, -0.2) is 0 Å². The van der Waals surface area contributed by atoms with Gasteiger partial charge >= 0.3 is 5.97 Å². The van der Waals surface area contributed by atoms with E-state index in [2.05, 4.69) is 10.6 Å². The first-order valence-electron chi connectivity index (χ1n) is 10.6. The summed E-state index contributed by atoms with van der Waals surface area (Å²) in [6, 6.07) is 12.2. The van der Waals surface area contributed by atoms with E-state index in [0.717, 1.165) is 11.1 Å². The predicted octanol–water partition coefficient (Wildman–Crippen LogP) is 3.83. The van der Waals surface area contributed by atoms with E-state index >= 15 is 0 Å². The van der Waals surface area contributed by atoms with Crippen LogP contribution in [-0.2, 0) is 14.3 Å². The molecular weight excluding hydrogens is 408 g/mol. The molecule has 0 aliphatic rings. The third-order valence-corrected chi connectivity index (χ3v) is 4.73. The monoisotopic (exact) mass is 438 g/mol. The van der Waals surface area contributed by atoms with Crippen molar-refractivity contribution in [1.82, 2.24) is 5.32 Å². The second-order valence-electron chi connectivity index (χ2n) is 8.10. The minimum atomic E-state index is -0.637. The second kappa shape index (κ2) is 11.8. The lowest BCUT2D eigenvalue weighted by atomic mass is 9.99. The number of carbonyl (C=O) groups is 4. The van der Waals surface area contributed by atoms with Gasteiger partial charge in [0.05, 0.1) is 17.7 Å². The van der Waals surface area contributed by atoms with E-state index in [1.807, 2.05) is 39.8 Å². The van der Waals surface area contributed by atoms with Crippen molar-refractivity contribution in [3.8, 4) is 0 Å². The largest absolute Gasteiger partial charge is 0.456 e. The molecule has 0 fully saturated rings. The number of hydrogen-bond acceptors (Lipinski definition) is 5. The van der Waals surface area contributed by atoms with Crippen molar-refractivity contribution in [2.75, 3.05) is 18.5 Å². The molecule has 0 aliphatic heterocycles. The van der Waals surface area contributed by atoms with Gasteiger partial charge in [-0.2, -0.15) is 0 Å². The van der Waals surface area contributed by atoms with Crippen molar-refractivity contribution in [3.63, 3.8) is 0 Å². The Morgan fingerprint density at radius 1 is 0.938 bits per heavy atom. The van der Waals surface area contributed by atoms with Gasteiger partial charge in [0, 0.05) is 18.5 Å². The molecule has 0 atom stereocenters. The molecule has 0 radical (unpaired) electrons. The lowest BCUT2D eigenvalue weighted by molar-refractivity contribution is -0.147. The Bertz CT molecular complexity index is 998. The molecule has 0 saturated carbocycles. The highest BCUT2D eigenvalue weighted by molar-refractivity contribution is 6.04. The van der Waals surface area contributed by atoms with Crippen molar-refractivity contribution in [2.24, 2.45) is 5.92 Å². The van der Waals surface area contributed by atoms with Crippen LogP contribution in [0.2, 0.25) is 0 Å². The molecule has 2 aromatic rings. The summed E-state index contributed by atoms with van der Waals surface area (Å²) in [5.74, 6) is -1.35. The summed E-state index contributed by atoms with van der Waals surface area (Å²) in [6.07, 6.45) is -0.114. The zero-order valence-corrected chi connectivity index (χ0v) is 19.0. The van der Waals surface area contributed by atoms with E-state index in [1.54, 1.807) is 30.3 Å². The summed E-state index contributed by atoms with van der Waals surface area (Å²) in [7, 11) is 0. The second-order valence-corrected chi connectivity index (χ2v) is 8.10. The molecule has 0 aliphatic carbocycles. The lowest BCUT2D eigenvalue weighted by Gasteiger charge is -2.12. The number of esters is 1. The summed E-state index contributed by atoms with van der Waals surface area (Å²) in [5.41, 5.74) is 3.07. The molecule has 7 heteroatoms. The molecule has 0 saturated heterocycles. The molecular formula is C25H30N2O5. The Morgan fingerprint density at radius 3 is 2.38 bits per heavy atom. The number of amides is 2. The average Bonchev–Trinajstić information content (AvgIpc) is 2.76. The molecule has 0 heterocycles. The molecule has 7 nitrogen and oxygen atoms in total. The highest BCUT2D eigenvalue weighted by Gasteiger charge is 2.16. The van der Waals surface area contributed by atoms with Gasteiger partial charge in [0.15, 0.2) is 12.4 Å². The molecule has 2 aromatic carbocycles. The van der Waals surface area contributed by atoms with Crippen molar-refractivity contribution in [3.05, 3.63) is 64.7 Å². The topological polar surface area (TPSA) is 102 Å². The van der Waals surface area contributed by atoms with E-state index in [-0.39, 0.29) is 24.5 Å². The highest BCUT2D eigenvalue weighted by atomic mass is 16.5. The molecule has 170 valence electrons. The van der Waals surface area contributed by atoms with Crippen LogP contribution in [0.25, 0.3) is 0 Å². The lowest BCUT2D eigenvalue weighted by Crippen LogP contribution is -2.29. The zero-order chi connectivity index (χ0) is 23.7. The molecule has 32 heavy (non-hydrogen) atoms. The fraction of sp³-hybridized carbons (Fsp3) is 0.360. The third kappa shape index (κ3) is 7.65. The number of hydrogen-bond donors (Lipinski definition) is 2. The number of ketones is 1. The minimum absolute atomic E-state index is 0.00357. The van der Waals surface area contributed by atoms with Crippen molar-refractivity contribution >= 4 is 29.3 Å². The maximum atomic E-state index is 12.4. The molecule has 0 aromatic heterocycles. The fourth-order valence-corrected chi connectivity index (χ4v) is 2.97. The van der Waals surface area contributed by atoms with E-state index in [9.17, 15) is 19.2 Å². The van der Waals surface area contributed by atoms with Crippen LogP contribution in [0.5, 0.6) is 0 Å². The smallest absolute Gasteiger partial charge is 0.306 e. The summed E-state index contributed by atoms with van der Waals surface area (Å²) >= 11 is 0. The predicted molar refractivity (Wildman–Crippen MR) is 123 cm³/mol. The van der Waals surface area contributed by atoms with Gasteiger partial charge in [-0.1, -0.05) is 43.7 Å². The number of Topliss-reactive ketones (excluding diaryl/α,β-unsaturated/α-hetero) is 1. The van der Waals surface area contributed by atoms with Crippen LogP contribution in [-0.4, -0.2) is 36.7 Å². The maximum absolute atomic E-state index is 12.4. The maximum Gasteiger partial charge on any atom is 0.306 e. The number of nitrogens with one attached hydrogen (secondary N) is 2. The van der Waals surface area contributed by atoms with Gasteiger partial charge in [0.1, 0.15) is 0 Å². The molecule has 0 bridgehead atoms. The zero-order valence-electron chi connectivity index (χ0n) is 19.0. The molecule has 2 rings (SSSR count). The Morgan fingerprint density at radius 2 is 1.66 bits per heavy atom. The van der Waals surface area contributed by atoms with E-state index in [0.29, 0.717) is 29.3 Å². The molecule has 2 amide bonds. The first-order chi connectivity index (χ1) is 15.2. The number of aryl methyl sites for hydroxylation is 2. The number of para-hydroxylation sites is 1. The summed E-state index contributed by atoms with van der Waals surface area (Å²) in [6.45, 7) is 7.72. The summed E-state index contributed by atoms with van der Waals surface area (Å²) in [4.78, 5) is 48.9. The van der Waals surface area contributed by atoms with Gasteiger partial charge in [-0.05, 0) is 43.5 Å². The molecule has 0 unspecified atom stereocenters. The minimum Gasteiger partial charge on any atom is -0.456 e. The number of anilines is 1. The van der Waals surface area contributed by atoms with Gasteiger partial charge in [-0.15, -0.1) is 0 Å². The fourth-order valence-electron chi connectivity index (χ4n) is 2.97. The van der Waals surface area contributed by atoms with Crippen LogP contribution in [0, 0.1) is 19.8 Å². The first kappa shape index (κ1) is 24.8. The van der Waals surface area contributed by atoms with E-state index in [1.165, 1.54) is 0 Å². The summed E-state index contributed by atoms with van der Waals surface area (Å²) < 4.78 is 4.99. The number of rotatable bonds is 10. The molecule has 0 spiro atoms. The Kier molecular flexibility index (Phi) is 9.13. The standard InChI is InChI=1S/C25H30N2O5/c1-16(2)14-26-25(31)19-7-5-6-8-21(19)27-23(29)15-32-24(30)12-11-22(28)20-13-17(3)9-10-18(20)4/h5-10,13,16H,11-12,14-15H2,1-4H3,(H,26,31)(H,27,29). The van der Waals surface area contributed by atoms with Crippen molar-refractivity contribution in [1.29, 1.82) is 0 Å². The normalized spacial score (nSPS) is 10.5. The quantitative estimate of drug-likeness (QED) is 0.434. The Labute approximate surface area is 188 Å². The van der Waals surface area contributed by atoms with E-state index < -0.39 is 18.5 Å². The van der Waals surface area contributed by atoms with Crippen molar-refractivity contribution in [2.45, 2.75) is 40.5 Å². The highest BCUT2D eigenvalue weighted by Crippen LogP contribution is 2.16. The van der Waals surface area contributed by atoms with Crippen LogP contribution in [0.15, 0.2) is 42.5 Å². The van der Waals surface area contributed by atoms with E-state index in [4.69, 9.17) is 4.74 Å². The average molecular weight is 439 g/mol.